The zero-order valence-electron chi connectivity index (χ0n) is 13.6. The van der Waals surface area contributed by atoms with E-state index in [9.17, 15) is 0 Å². The Morgan fingerprint density at radius 2 is 2.04 bits per heavy atom. The Bertz CT molecular complexity index is 818. The molecule has 3 heterocycles. The Labute approximate surface area is 145 Å². The normalized spacial score (nSPS) is 15.7. The van der Waals surface area contributed by atoms with Crippen LogP contribution < -0.4 is 5.32 Å². The van der Waals surface area contributed by atoms with E-state index in [2.05, 4.69) is 49.6 Å². The zero-order chi connectivity index (χ0) is 16.4. The van der Waals surface area contributed by atoms with Gasteiger partial charge in [0.05, 0.1) is 17.9 Å². The second-order valence-corrected chi connectivity index (χ2v) is 6.71. The number of nitrogens with zero attached hydrogens (tertiary/aromatic N) is 5. The van der Waals surface area contributed by atoms with Crippen molar-refractivity contribution in [1.82, 2.24) is 29.9 Å². The van der Waals surface area contributed by atoms with Gasteiger partial charge in [-0.3, -0.25) is 4.57 Å². The summed E-state index contributed by atoms with van der Waals surface area (Å²) in [6.07, 6.45) is 10.1. The molecule has 3 aromatic rings. The third kappa shape index (κ3) is 2.85. The lowest BCUT2D eigenvalue weighted by molar-refractivity contribution is 0.337. The lowest BCUT2D eigenvalue weighted by Gasteiger charge is -2.22. The van der Waals surface area contributed by atoms with Crippen molar-refractivity contribution in [1.29, 1.82) is 0 Å². The lowest BCUT2D eigenvalue weighted by Crippen LogP contribution is -2.29. The molecule has 0 amide bonds. The SMILES string of the molecule is CSc1ccccc1-n1ccnc1-c1cn(C2CCNCC2)nn1. The summed E-state index contributed by atoms with van der Waals surface area (Å²) in [5.74, 6) is 0.830. The summed E-state index contributed by atoms with van der Waals surface area (Å²) < 4.78 is 4.08. The highest BCUT2D eigenvalue weighted by Crippen LogP contribution is 2.28. The third-order valence-electron chi connectivity index (χ3n) is 4.41. The van der Waals surface area contributed by atoms with Crippen LogP contribution in [-0.2, 0) is 0 Å². The van der Waals surface area contributed by atoms with Gasteiger partial charge in [-0.15, -0.1) is 16.9 Å². The van der Waals surface area contributed by atoms with E-state index in [0.717, 1.165) is 43.1 Å². The molecule has 1 saturated heterocycles. The molecule has 1 aliphatic rings. The average molecular weight is 340 g/mol. The summed E-state index contributed by atoms with van der Waals surface area (Å²) >= 11 is 1.73. The largest absolute Gasteiger partial charge is 0.317 e. The molecule has 1 N–H and O–H groups in total. The number of benzene rings is 1. The third-order valence-corrected chi connectivity index (χ3v) is 5.19. The number of hydrogen-bond donors (Lipinski definition) is 1. The first-order valence-electron chi connectivity index (χ1n) is 8.16. The molecule has 0 unspecified atom stereocenters. The standard InChI is InChI=1S/C17H20N6S/c1-24-16-5-3-2-4-15(16)22-11-10-19-17(22)14-12-23(21-20-14)13-6-8-18-9-7-13/h2-5,10-13,18H,6-9H2,1H3. The van der Waals surface area contributed by atoms with Crippen molar-refractivity contribution in [3.05, 3.63) is 42.9 Å². The van der Waals surface area contributed by atoms with Crippen molar-refractivity contribution in [2.24, 2.45) is 0 Å². The van der Waals surface area contributed by atoms with Crippen LogP contribution in [0.3, 0.4) is 0 Å². The van der Waals surface area contributed by atoms with E-state index in [1.54, 1.807) is 11.8 Å². The summed E-state index contributed by atoms with van der Waals surface area (Å²) in [5.41, 5.74) is 1.93. The molecule has 4 rings (SSSR count). The molecule has 24 heavy (non-hydrogen) atoms. The monoisotopic (exact) mass is 340 g/mol. The van der Waals surface area contributed by atoms with E-state index >= 15 is 0 Å². The van der Waals surface area contributed by atoms with Gasteiger partial charge in [-0.25, -0.2) is 9.67 Å². The Balaban J connectivity index is 1.69. The number of aromatic nitrogens is 5. The molecule has 124 valence electrons. The van der Waals surface area contributed by atoms with Crippen LogP contribution >= 0.6 is 11.8 Å². The molecule has 0 saturated carbocycles. The van der Waals surface area contributed by atoms with Gasteiger partial charge in [-0.1, -0.05) is 17.3 Å². The zero-order valence-corrected chi connectivity index (χ0v) is 14.4. The predicted octanol–water partition coefficient (Wildman–Crippen LogP) is 2.78. The Kier molecular flexibility index (Phi) is 4.36. The maximum atomic E-state index is 4.52. The first-order valence-corrected chi connectivity index (χ1v) is 9.39. The van der Waals surface area contributed by atoms with Gasteiger partial charge in [0, 0.05) is 17.3 Å². The van der Waals surface area contributed by atoms with E-state index in [-0.39, 0.29) is 0 Å². The van der Waals surface area contributed by atoms with Gasteiger partial charge in [-0.2, -0.15) is 0 Å². The predicted molar refractivity (Wildman–Crippen MR) is 95.5 cm³/mol. The summed E-state index contributed by atoms with van der Waals surface area (Å²) in [5, 5.41) is 12.1. The Morgan fingerprint density at radius 1 is 1.21 bits per heavy atom. The highest BCUT2D eigenvalue weighted by Gasteiger charge is 2.19. The number of para-hydroxylation sites is 1. The van der Waals surface area contributed by atoms with Crippen molar-refractivity contribution in [3.8, 4) is 17.2 Å². The van der Waals surface area contributed by atoms with Crippen molar-refractivity contribution in [2.45, 2.75) is 23.8 Å². The van der Waals surface area contributed by atoms with E-state index < -0.39 is 0 Å². The van der Waals surface area contributed by atoms with Gasteiger partial charge >= 0.3 is 0 Å². The number of hydrogen-bond acceptors (Lipinski definition) is 5. The molecular formula is C17H20N6S. The van der Waals surface area contributed by atoms with Crippen LogP contribution in [0.25, 0.3) is 17.2 Å². The topological polar surface area (TPSA) is 60.6 Å². The minimum atomic E-state index is 0.425. The number of piperidine rings is 1. The van der Waals surface area contributed by atoms with Crippen molar-refractivity contribution < 1.29 is 0 Å². The molecule has 2 aromatic heterocycles. The highest BCUT2D eigenvalue weighted by atomic mass is 32.2. The Morgan fingerprint density at radius 3 is 2.88 bits per heavy atom. The highest BCUT2D eigenvalue weighted by molar-refractivity contribution is 7.98. The fourth-order valence-corrected chi connectivity index (χ4v) is 3.74. The van der Waals surface area contributed by atoms with Crippen molar-refractivity contribution in [3.63, 3.8) is 0 Å². The second-order valence-electron chi connectivity index (χ2n) is 5.86. The number of nitrogens with one attached hydrogen (secondary N) is 1. The second kappa shape index (κ2) is 6.78. The number of rotatable bonds is 4. The van der Waals surface area contributed by atoms with E-state index in [4.69, 9.17) is 0 Å². The summed E-state index contributed by atoms with van der Waals surface area (Å²) in [6.45, 7) is 2.07. The van der Waals surface area contributed by atoms with Crippen LogP contribution in [0.1, 0.15) is 18.9 Å². The molecule has 0 bridgehead atoms. The molecule has 0 aliphatic carbocycles. The van der Waals surface area contributed by atoms with Crippen molar-refractivity contribution >= 4 is 11.8 Å². The summed E-state index contributed by atoms with van der Waals surface area (Å²) in [7, 11) is 0. The van der Waals surface area contributed by atoms with Gasteiger partial charge in [0.25, 0.3) is 0 Å². The van der Waals surface area contributed by atoms with Gasteiger partial charge in [0.15, 0.2) is 5.82 Å². The van der Waals surface area contributed by atoms with E-state index in [1.807, 2.05) is 29.3 Å². The fraction of sp³-hybridized carbons (Fsp3) is 0.353. The minimum absolute atomic E-state index is 0.425. The van der Waals surface area contributed by atoms with Gasteiger partial charge < -0.3 is 5.32 Å². The lowest BCUT2D eigenvalue weighted by atomic mass is 10.1. The summed E-state index contributed by atoms with van der Waals surface area (Å²) in [4.78, 5) is 5.73. The van der Waals surface area contributed by atoms with Gasteiger partial charge in [0.1, 0.15) is 5.69 Å². The molecule has 6 nitrogen and oxygen atoms in total. The minimum Gasteiger partial charge on any atom is -0.317 e. The van der Waals surface area contributed by atoms with E-state index in [1.165, 1.54) is 4.90 Å². The Hall–Kier alpha value is -2.12. The molecule has 1 aliphatic heterocycles. The summed E-state index contributed by atoms with van der Waals surface area (Å²) in [6, 6.07) is 8.75. The van der Waals surface area contributed by atoms with Crippen LogP contribution in [0.4, 0.5) is 0 Å². The molecule has 0 radical (unpaired) electrons. The number of imidazole rings is 1. The van der Waals surface area contributed by atoms with Crippen LogP contribution in [0.2, 0.25) is 0 Å². The van der Waals surface area contributed by atoms with Crippen LogP contribution in [0.15, 0.2) is 47.8 Å². The van der Waals surface area contributed by atoms with Gasteiger partial charge in [0.2, 0.25) is 0 Å². The molecular weight excluding hydrogens is 320 g/mol. The average Bonchev–Trinajstić information content (AvgIpc) is 3.31. The first kappa shape index (κ1) is 15.4. The first-order chi connectivity index (χ1) is 11.9. The molecule has 0 atom stereocenters. The number of thioether (sulfide) groups is 1. The van der Waals surface area contributed by atoms with E-state index in [0.29, 0.717) is 6.04 Å². The van der Waals surface area contributed by atoms with Crippen molar-refractivity contribution in [2.75, 3.05) is 19.3 Å². The van der Waals surface area contributed by atoms with Crippen LogP contribution in [-0.4, -0.2) is 43.9 Å². The molecule has 7 heteroatoms. The molecule has 1 aromatic carbocycles. The smallest absolute Gasteiger partial charge is 0.166 e. The molecule has 0 spiro atoms. The fourth-order valence-electron chi connectivity index (χ4n) is 3.15. The van der Waals surface area contributed by atoms with Crippen LogP contribution in [0, 0.1) is 0 Å². The maximum Gasteiger partial charge on any atom is 0.166 e. The van der Waals surface area contributed by atoms with Crippen LogP contribution in [0.5, 0.6) is 0 Å². The quantitative estimate of drug-likeness (QED) is 0.740. The van der Waals surface area contributed by atoms with Gasteiger partial charge in [-0.05, 0) is 44.3 Å². The molecule has 1 fully saturated rings. The maximum absolute atomic E-state index is 4.52.